The number of nitrogens with one attached hydrogen (secondary N) is 2. The van der Waals surface area contributed by atoms with E-state index < -0.39 is 5.97 Å². The van der Waals surface area contributed by atoms with Crippen molar-refractivity contribution in [2.45, 2.75) is 0 Å². The zero-order chi connectivity index (χ0) is 9.82. The van der Waals surface area contributed by atoms with E-state index in [0.717, 1.165) is 0 Å². The number of hydroxylamine groups is 2. The molecule has 2 N–H and O–H groups in total. The molecular weight excluding hydrogens is 573 g/mol. The molecular formula is C4H10I2N2O3Pt. The van der Waals surface area contributed by atoms with Gasteiger partial charge in [0.2, 0.25) is 0 Å². The van der Waals surface area contributed by atoms with E-state index >= 15 is 0 Å². The van der Waals surface area contributed by atoms with Crippen LogP contribution in [0.4, 0.5) is 0 Å². The first kappa shape index (κ1) is 15.9. The van der Waals surface area contributed by atoms with Crippen LogP contribution in [0.2, 0.25) is 0 Å². The second-order valence-electron chi connectivity index (χ2n) is 1.22. The summed E-state index contributed by atoms with van der Waals surface area (Å²) in [6, 6.07) is 0. The quantitative estimate of drug-likeness (QED) is 0.375. The van der Waals surface area contributed by atoms with Crippen molar-refractivity contribution in [3.05, 3.63) is 0 Å². The third-order valence-corrected chi connectivity index (χ3v) is 0.550. The average Bonchev–Trinajstić information content (AvgIpc) is 2.03. The van der Waals surface area contributed by atoms with Crippen LogP contribution in [0.5, 0.6) is 0 Å². The van der Waals surface area contributed by atoms with Crippen LogP contribution in [0.1, 0.15) is 0 Å². The third kappa shape index (κ3) is 17.5. The van der Waals surface area contributed by atoms with Gasteiger partial charge < -0.3 is 4.84 Å². The summed E-state index contributed by atoms with van der Waals surface area (Å²) in [6.07, 6.45) is 0. The standard InChI is InChI=1S/C4H10N2O3.2HI.Pt/c1-5-8-3-4(7)9-6-2;;;/h5-6H,3H2,1-2H3;2*1H;/q;;;+2/p-2. The molecule has 0 aliphatic rings. The van der Waals surface area contributed by atoms with Crippen molar-refractivity contribution in [3.8, 4) is 0 Å². The fourth-order valence-corrected chi connectivity index (χ4v) is 0.274. The molecule has 12 heavy (non-hydrogen) atoms. The summed E-state index contributed by atoms with van der Waals surface area (Å²) >= 11 is 5.30. The molecule has 0 fully saturated rings. The topological polar surface area (TPSA) is 59.6 Å². The van der Waals surface area contributed by atoms with Gasteiger partial charge in [0.25, 0.3) is 0 Å². The van der Waals surface area contributed by atoms with Gasteiger partial charge in [-0.2, -0.15) is 5.48 Å². The summed E-state index contributed by atoms with van der Waals surface area (Å²) in [5.74, 6) is -0.466. The molecule has 0 aromatic carbocycles. The molecule has 0 aromatic rings. The molecule has 0 bridgehead atoms. The fourth-order valence-electron chi connectivity index (χ4n) is 0.274. The number of hydrogen-bond acceptors (Lipinski definition) is 5. The van der Waals surface area contributed by atoms with E-state index in [9.17, 15) is 4.79 Å². The van der Waals surface area contributed by atoms with Crippen LogP contribution in [0, 0.1) is 0 Å². The van der Waals surface area contributed by atoms with E-state index in [4.69, 9.17) is 0 Å². The van der Waals surface area contributed by atoms with Crippen molar-refractivity contribution in [1.82, 2.24) is 11.0 Å². The van der Waals surface area contributed by atoms with Crippen molar-refractivity contribution < 1.29 is 25.7 Å². The summed E-state index contributed by atoms with van der Waals surface area (Å²) in [7, 11) is 3.06. The molecule has 78 valence electrons. The normalized spacial score (nSPS) is 8.67. The van der Waals surface area contributed by atoms with Gasteiger partial charge in [0, 0.05) is 14.1 Å². The molecule has 8 heteroatoms. The van der Waals surface area contributed by atoms with Crippen molar-refractivity contribution >= 4 is 44.7 Å². The van der Waals surface area contributed by atoms with Crippen LogP contribution in [-0.4, -0.2) is 26.7 Å². The predicted octanol–water partition coefficient (Wildman–Crippen LogP) is 0.584. The Hall–Kier alpha value is 1.50. The summed E-state index contributed by atoms with van der Waals surface area (Å²) < 4.78 is 0. The van der Waals surface area contributed by atoms with Gasteiger partial charge in [0.05, 0.1) is 0 Å². The second-order valence-corrected chi connectivity index (χ2v) is 17.8. The summed E-state index contributed by atoms with van der Waals surface area (Å²) in [6.45, 7) is -0.0999. The molecule has 0 aliphatic carbocycles. The molecule has 0 saturated heterocycles. The maximum atomic E-state index is 10.4. The maximum absolute atomic E-state index is 10.4. The Morgan fingerprint density at radius 2 is 1.92 bits per heavy atom. The first-order valence-electron chi connectivity index (χ1n) is 2.70. The van der Waals surface area contributed by atoms with Crippen LogP contribution in [0.15, 0.2) is 0 Å². The Bertz CT molecular complexity index is 108. The monoisotopic (exact) mass is 583 g/mol. The molecule has 0 amide bonds. The molecule has 0 atom stereocenters. The predicted molar refractivity (Wildman–Crippen MR) is 58.2 cm³/mol. The van der Waals surface area contributed by atoms with Crippen molar-refractivity contribution in [2.75, 3.05) is 20.7 Å². The summed E-state index contributed by atoms with van der Waals surface area (Å²) in [5.41, 5.74) is 4.55. The van der Waals surface area contributed by atoms with Gasteiger partial charge >= 0.3 is 55.9 Å². The summed E-state index contributed by atoms with van der Waals surface area (Å²) in [4.78, 5) is 19.1. The molecule has 0 spiro atoms. The van der Waals surface area contributed by atoms with E-state index in [0.29, 0.717) is 11.2 Å². The SMILES string of the molecule is CNOCC(=O)ONC.[I][Pt][I]. The van der Waals surface area contributed by atoms with E-state index in [1.54, 1.807) is 7.05 Å². The molecule has 0 aliphatic heterocycles. The third-order valence-electron chi connectivity index (χ3n) is 0.550. The van der Waals surface area contributed by atoms with E-state index in [1.807, 2.05) is 0 Å². The van der Waals surface area contributed by atoms with E-state index in [1.165, 1.54) is 7.05 Å². The Kier molecular flexibility index (Phi) is 19.9. The van der Waals surface area contributed by atoms with Crippen LogP contribution >= 0.6 is 38.7 Å². The van der Waals surface area contributed by atoms with Gasteiger partial charge in [-0.1, -0.05) is 0 Å². The van der Waals surface area contributed by atoms with E-state index in [-0.39, 0.29) is 6.61 Å². The zero-order valence-corrected chi connectivity index (χ0v) is 13.1. The first-order valence-corrected chi connectivity index (χ1v) is 15.6. The van der Waals surface area contributed by atoms with Crippen LogP contribution in [0.3, 0.4) is 0 Å². The zero-order valence-electron chi connectivity index (χ0n) is 6.50. The Morgan fingerprint density at radius 3 is 2.25 bits per heavy atom. The van der Waals surface area contributed by atoms with Crippen molar-refractivity contribution in [3.63, 3.8) is 0 Å². The number of carbonyl (C=O) groups excluding carboxylic acids is 1. The van der Waals surface area contributed by atoms with Gasteiger partial charge in [0.1, 0.15) is 0 Å². The minimum absolute atomic E-state index is 0.0999. The molecule has 0 radical (unpaired) electrons. The fraction of sp³-hybridized carbons (Fsp3) is 0.750. The van der Waals surface area contributed by atoms with Gasteiger partial charge in [-0.25, -0.2) is 10.3 Å². The molecule has 0 heterocycles. The van der Waals surface area contributed by atoms with Crippen LogP contribution in [0.25, 0.3) is 0 Å². The number of halogens is 2. The van der Waals surface area contributed by atoms with Gasteiger partial charge in [-0.3, -0.25) is 4.84 Å². The molecule has 5 nitrogen and oxygen atoms in total. The Morgan fingerprint density at radius 1 is 1.42 bits per heavy atom. The van der Waals surface area contributed by atoms with Gasteiger partial charge in [-0.05, 0) is 0 Å². The van der Waals surface area contributed by atoms with Crippen LogP contribution in [-0.2, 0) is 25.7 Å². The molecule has 0 rings (SSSR count). The molecule has 0 aromatic heterocycles. The van der Waals surface area contributed by atoms with Crippen molar-refractivity contribution in [2.24, 2.45) is 0 Å². The van der Waals surface area contributed by atoms with Crippen molar-refractivity contribution in [1.29, 1.82) is 0 Å². The number of hydrogen-bond donors (Lipinski definition) is 2. The van der Waals surface area contributed by atoms with Gasteiger partial charge in [-0.15, -0.1) is 0 Å². The van der Waals surface area contributed by atoms with Gasteiger partial charge in [0.15, 0.2) is 6.61 Å². The average molecular weight is 583 g/mol. The molecule has 0 saturated carbocycles. The second kappa shape index (κ2) is 15.0. The Balaban J connectivity index is 0. The van der Waals surface area contributed by atoms with Crippen LogP contribution < -0.4 is 11.0 Å². The summed E-state index contributed by atoms with van der Waals surface area (Å²) in [5, 5.41) is 0. The molecule has 0 unspecified atom stereocenters. The minimum atomic E-state index is -0.466. The number of carbonyl (C=O) groups is 1. The number of rotatable bonds is 4. The van der Waals surface area contributed by atoms with E-state index in [2.05, 4.69) is 59.3 Å². The Labute approximate surface area is 101 Å². The first-order chi connectivity index (χ1) is 5.72.